The Balaban J connectivity index is 1.59. The van der Waals surface area contributed by atoms with E-state index in [1.807, 2.05) is 13.0 Å². The van der Waals surface area contributed by atoms with Crippen molar-refractivity contribution >= 4 is 27.3 Å². The van der Waals surface area contributed by atoms with Crippen LogP contribution in [0.5, 0.6) is 0 Å². The maximum Gasteiger partial charge on any atom is 0.253 e. The van der Waals surface area contributed by atoms with Crippen molar-refractivity contribution < 1.29 is 13.2 Å². The highest BCUT2D eigenvalue weighted by Gasteiger charge is 2.40. The third-order valence-corrected chi connectivity index (χ3v) is 9.17. The van der Waals surface area contributed by atoms with Crippen molar-refractivity contribution in [3.05, 3.63) is 17.0 Å². The van der Waals surface area contributed by atoms with Gasteiger partial charge in [0.15, 0.2) is 0 Å². The van der Waals surface area contributed by atoms with Crippen molar-refractivity contribution in [2.45, 2.75) is 62.7 Å². The van der Waals surface area contributed by atoms with Crippen molar-refractivity contribution in [3.8, 4) is 0 Å². The van der Waals surface area contributed by atoms with E-state index in [1.54, 1.807) is 6.07 Å². The van der Waals surface area contributed by atoms with Gasteiger partial charge in [-0.05, 0) is 70.7 Å². The number of thiophene rings is 1. The number of carbonyl (C=O) groups is 1. The summed E-state index contributed by atoms with van der Waals surface area (Å²) in [5.41, 5.74) is 0. The third kappa shape index (κ3) is 4.72. The van der Waals surface area contributed by atoms with Gasteiger partial charge >= 0.3 is 0 Å². The van der Waals surface area contributed by atoms with Crippen LogP contribution in [0.3, 0.4) is 0 Å². The number of hydrogen-bond donors (Lipinski definition) is 1. The number of rotatable bonds is 6. The summed E-state index contributed by atoms with van der Waals surface area (Å²) < 4.78 is 27.6. The Kier molecular flexibility index (Phi) is 6.61. The molecule has 3 rings (SSSR count). The second-order valence-electron chi connectivity index (χ2n) is 7.95. The van der Waals surface area contributed by atoms with Crippen LogP contribution in [-0.2, 0) is 14.8 Å². The van der Waals surface area contributed by atoms with E-state index in [0.717, 1.165) is 30.3 Å². The molecule has 0 spiro atoms. The zero-order valence-corrected chi connectivity index (χ0v) is 18.1. The molecule has 0 aromatic carbocycles. The number of piperidine rings is 1. The summed E-state index contributed by atoms with van der Waals surface area (Å²) in [6.07, 6.45) is 3.71. The average molecular weight is 414 g/mol. The van der Waals surface area contributed by atoms with Gasteiger partial charge in [0.2, 0.25) is 5.91 Å². The van der Waals surface area contributed by atoms with Crippen molar-refractivity contribution in [2.75, 3.05) is 26.2 Å². The molecule has 6 nitrogen and oxygen atoms in total. The maximum atomic E-state index is 12.9. The second-order valence-corrected chi connectivity index (χ2v) is 11.4. The van der Waals surface area contributed by atoms with Crippen molar-refractivity contribution in [1.29, 1.82) is 0 Å². The molecule has 1 aromatic rings. The van der Waals surface area contributed by atoms with Gasteiger partial charge in [-0.2, -0.15) is 4.31 Å². The van der Waals surface area contributed by atoms with Gasteiger partial charge in [-0.25, -0.2) is 8.42 Å². The van der Waals surface area contributed by atoms with Gasteiger partial charge < -0.3 is 5.32 Å². The Labute approximate surface area is 167 Å². The van der Waals surface area contributed by atoms with Crippen molar-refractivity contribution in [1.82, 2.24) is 14.5 Å². The lowest BCUT2D eigenvalue weighted by atomic mass is 9.98. The Morgan fingerprint density at radius 2 is 1.96 bits per heavy atom. The predicted octanol–water partition coefficient (Wildman–Crippen LogP) is 2.45. The molecule has 0 bridgehead atoms. The summed E-state index contributed by atoms with van der Waals surface area (Å²) in [6.45, 7) is 9.43. The predicted molar refractivity (Wildman–Crippen MR) is 108 cm³/mol. The lowest BCUT2D eigenvalue weighted by Crippen LogP contribution is -2.50. The number of carbonyl (C=O) groups excluding carboxylic acids is 1. The minimum absolute atomic E-state index is 0.165. The smallest absolute Gasteiger partial charge is 0.253 e. The zero-order chi connectivity index (χ0) is 19.6. The molecule has 27 heavy (non-hydrogen) atoms. The minimum Gasteiger partial charge on any atom is -0.353 e. The standard InChI is InChI=1S/C19H31N3O3S2/c1-14-8-11-21(12-9-14)15(2)13-20-19(23)17-5-4-10-22(17)27(24,25)18-7-6-16(3)26-18/h6-7,14-15,17H,4-5,8-13H2,1-3H3,(H,20,23). The van der Waals surface area contributed by atoms with E-state index in [1.165, 1.54) is 28.5 Å². The molecule has 3 heterocycles. The van der Waals surface area contributed by atoms with Crippen LogP contribution in [0.1, 0.15) is 44.4 Å². The molecule has 2 unspecified atom stereocenters. The number of sulfonamides is 1. The van der Waals surface area contributed by atoms with Crippen LogP contribution in [0.25, 0.3) is 0 Å². The molecule has 1 N–H and O–H groups in total. The molecule has 8 heteroatoms. The normalized spacial score (nSPS) is 24.2. The first kappa shape index (κ1) is 20.8. The monoisotopic (exact) mass is 413 g/mol. The summed E-state index contributed by atoms with van der Waals surface area (Å²) in [7, 11) is -3.60. The van der Waals surface area contributed by atoms with Gasteiger partial charge in [0.25, 0.3) is 10.0 Å². The van der Waals surface area contributed by atoms with E-state index >= 15 is 0 Å². The molecular weight excluding hydrogens is 382 g/mol. The Morgan fingerprint density at radius 3 is 2.59 bits per heavy atom. The van der Waals surface area contributed by atoms with Crippen LogP contribution in [0.15, 0.2) is 16.3 Å². The molecule has 0 saturated carbocycles. The first-order valence-electron chi connectivity index (χ1n) is 9.89. The molecule has 2 fully saturated rings. The fourth-order valence-electron chi connectivity index (χ4n) is 3.92. The number of aryl methyl sites for hydroxylation is 1. The molecule has 2 atom stereocenters. The maximum absolute atomic E-state index is 12.9. The van der Waals surface area contributed by atoms with Crippen molar-refractivity contribution in [2.24, 2.45) is 5.92 Å². The molecule has 0 radical (unpaired) electrons. The first-order valence-corrected chi connectivity index (χ1v) is 12.1. The summed E-state index contributed by atoms with van der Waals surface area (Å²) in [4.78, 5) is 16.1. The van der Waals surface area contributed by atoms with Crippen LogP contribution >= 0.6 is 11.3 Å². The van der Waals surface area contributed by atoms with E-state index < -0.39 is 16.1 Å². The average Bonchev–Trinajstić information content (AvgIpc) is 3.29. The van der Waals surface area contributed by atoms with Gasteiger partial charge in [0.05, 0.1) is 0 Å². The molecule has 2 aliphatic rings. The number of nitrogens with zero attached hydrogens (tertiary/aromatic N) is 2. The van der Waals surface area contributed by atoms with Gasteiger partial charge in [0.1, 0.15) is 10.3 Å². The lowest BCUT2D eigenvalue weighted by Gasteiger charge is -2.35. The highest BCUT2D eigenvalue weighted by molar-refractivity contribution is 7.91. The van der Waals surface area contributed by atoms with E-state index in [4.69, 9.17) is 0 Å². The molecule has 1 aromatic heterocycles. The first-order chi connectivity index (χ1) is 12.8. The van der Waals surface area contributed by atoms with Gasteiger partial charge in [-0.15, -0.1) is 11.3 Å². The number of amides is 1. The van der Waals surface area contributed by atoms with Gasteiger partial charge in [0, 0.05) is 24.0 Å². The highest BCUT2D eigenvalue weighted by Crippen LogP contribution is 2.30. The number of nitrogens with one attached hydrogen (secondary N) is 1. The zero-order valence-electron chi connectivity index (χ0n) is 16.5. The quantitative estimate of drug-likeness (QED) is 0.778. The lowest BCUT2D eigenvalue weighted by molar-refractivity contribution is -0.124. The Bertz CT molecular complexity index is 754. The molecule has 152 valence electrons. The molecule has 1 amide bonds. The third-order valence-electron chi connectivity index (χ3n) is 5.80. The fourth-order valence-corrected chi connectivity index (χ4v) is 6.99. The SMILES string of the molecule is Cc1ccc(S(=O)(=O)N2CCCC2C(=O)NCC(C)N2CCC(C)CC2)s1. The molecular formula is C19H31N3O3S2. The molecule has 0 aliphatic carbocycles. The van der Waals surface area contributed by atoms with Crippen LogP contribution in [0, 0.1) is 12.8 Å². The Hall–Kier alpha value is -0.960. The number of likely N-dealkylation sites (tertiary alicyclic amines) is 1. The van der Waals surface area contributed by atoms with Crippen LogP contribution in [-0.4, -0.2) is 61.8 Å². The molecule has 2 saturated heterocycles. The Morgan fingerprint density at radius 1 is 1.26 bits per heavy atom. The second kappa shape index (κ2) is 8.59. The largest absolute Gasteiger partial charge is 0.353 e. The van der Waals surface area contributed by atoms with E-state index in [9.17, 15) is 13.2 Å². The van der Waals surface area contributed by atoms with E-state index in [2.05, 4.69) is 24.1 Å². The van der Waals surface area contributed by atoms with E-state index in [-0.39, 0.29) is 11.9 Å². The van der Waals surface area contributed by atoms with Crippen LogP contribution in [0.2, 0.25) is 0 Å². The summed E-state index contributed by atoms with van der Waals surface area (Å²) in [6, 6.07) is 3.13. The van der Waals surface area contributed by atoms with Crippen LogP contribution in [0.4, 0.5) is 0 Å². The van der Waals surface area contributed by atoms with Crippen LogP contribution < -0.4 is 5.32 Å². The van der Waals surface area contributed by atoms with E-state index in [0.29, 0.717) is 23.7 Å². The minimum atomic E-state index is -3.60. The van der Waals surface area contributed by atoms with Gasteiger partial charge in [-0.3, -0.25) is 9.69 Å². The van der Waals surface area contributed by atoms with Gasteiger partial charge in [-0.1, -0.05) is 6.92 Å². The summed E-state index contributed by atoms with van der Waals surface area (Å²) >= 11 is 1.26. The molecule has 2 aliphatic heterocycles. The fraction of sp³-hybridized carbons (Fsp3) is 0.737. The van der Waals surface area contributed by atoms with Crippen molar-refractivity contribution in [3.63, 3.8) is 0 Å². The number of hydrogen-bond acceptors (Lipinski definition) is 5. The topological polar surface area (TPSA) is 69.7 Å². The summed E-state index contributed by atoms with van der Waals surface area (Å²) in [5, 5.41) is 3.01. The highest BCUT2D eigenvalue weighted by atomic mass is 32.2. The summed E-state index contributed by atoms with van der Waals surface area (Å²) in [5.74, 6) is 0.614.